The zero-order valence-electron chi connectivity index (χ0n) is 34.6. The Bertz CT molecular complexity index is 2400. The Morgan fingerprint density at radius 1 is 0.771 bits per heavy atom. The van der Waals surface area contributed by atoms with Crippen molar-refractivity contribution in [2.75, 3.05) is 0 Å². The van der Waals surface area contributed by atoms with Gasteiger partial charge in [-0.05, 0) is 71.2 Å². The minimum absolute atomic E-state index is 0. The second-order valence-corrected chi connectivity index (χ2v) is 14.2. The maximum Gasteiger partial charge on any atom is 0.128 e. The van der Waals surface area contributed by atoms with Gasteiger partial charge in [0.2, 0.25) is 0 Å². The zero-order chi connectivity index (χ0) is 38.7. The third-order valence-corrected chi connectivity index (χ3v) is 8.94. The molecule has 3 heterocycles. The van der Waals surface area contributed by atoms with Gasteiger partial charge in [-0.2, -0.15) is 0 Å². The number of aryl methyl sites for hydroxylation is 2. The molecule has 1 saturated carbocycles. The van der Waals surface area contributed by atoms with Crippen LogP contribution in [-0.2, 0) is 20.1 Å². The number of hydrogen-bond donors (Lipinski definition) is 0. The van der Waals surface area contributed by atoms with Gasteiger partial charge in [0, 0.05) is 52.9 Å². The van der Waals surface area contributed by atoms with E-state index in [-0.39, 0.29) is 42.1 Å². The molecule has 3 aromatic heterocycles. The van der Waals surface area contributed by atoms with Gasteiger partial charge in [0.25, 0.3) is 0 Å². The molecular weight excluding hydrogens is 765 g/mol. The van der Waals surface area contributed by atoms with E-state index in [1.807, 2.05) is 24.4 Å². The molecule has 4 aromatic carbocycles. The van der Waals surface area contributed by atoms with Gasteiger partial charge in [0.15, 0.2) is 0 Å². The number of aromatic nitrogens is 2. The summed E-state index contributed by atoms with van der Waals surface area (Å²) >= 11 is 0. The van der Waals surface area contributed by atoms with Crippen molar-refractivity contribution >= 4 is 32.7 Å². The van der Waals surface area contributed by atoms with Crippen LogP contribution in [0.2, 0.25) is 0 Å². The van der Waals surface area contributed by atoms with Crippen molar-refractivity contribution in [1.29, 1.82) is 0 Å². The summed E-state index contributed by atoms with van der Waals surface area (Å²) in [5.74, 6) is -0.638. The van der Waals surface area contributed by atoms with E-state index >= 15 is 0 Å². The molecule has 245 valence electrons. The average molecular weight is 814 g/mol. The molecule has 48 heavy (non-hydrogen) atoms. The minimum Gasteiger partial charge on any atom is -0.500 e. The summed E-state index contributed by atoms with van der Waals surface area (Å²) in [4.78, 5) is 8.79. The number of fused-ring (bicyclic) bond motifs is 5. The summed E-state index contributed by atoms with van der Waals surface area (Å²) in [6.45, 7) is 4.85. The van der Waals surface area contributed by atoms with E-state index in [0.29, 0.717) is 11.3 Å². The molecule has 0 aliphatic heterocycles. The molecule has 0 spiro atoms. The number of pyridine rings is 2. The van der Waals surface area contributed by atoms with Gasteiger partial charge in [-0.1, -0.05) is 106 Å². The molecule has 0 atom stereocenters. The summed E-state index contributed by atoms with van der Waals surface area (Å²) in [7, 11) is 0. The van der Waals surface area contributed by atoms with Gasteiger partial charge in [-0.15, -0.1) is 53.6 Å². The first kappa shape index (κ1) is 25.8. The van der Waals surface area contributed by atoms with E-state index in [2.05, 4.69) is 87.3 Å². The van der Waals surface area contributed by atoms with Gasteiger partial charge in [0.1, 0.15) is 5.58 Å². The first-order valence-corrected chi connectivity index (χ1v) is 16.0. The van der Waals surface area contributed by atoms with Gasteiger partial charge < -0.3 is 14.4 Å². The maximum atomic E-state index is 9.51. The van der Waals surface area contributed by atoms with Crippen LogP contribution in [0, 0.1) is 36.7 Å². The third kappa shape index (κ3) is 7.02. The molecule has 0 saturated heterocycles. The summed E-state index contributed by atoms with van der Waals surface area (Å²) in [5, 5.41) is 4.45. The molecule has 4 heteroatoms. The monoisotopic (exact) mass is 814 g/mol. The predicted octanol–water partition coefficient (Wildman–Crippen LogP) is 12.1. The Morgan fingerprint density at radius 3 is 2.27 bits per heavy atom. The number of furan rings is 1. The van der Waals surface area contributed by atoms with Crippen LogP contribution in [-0.4, -0.2) is 9.97 Å². The van der Waals surface area contributed by atoms with Crippen molar-refractivity contribution in [3.63, 3.8) is 0 Å². The van der Waals surface area contributed by atoms with E-state index in [1.165, 1.54) is 29.8 Å². The summed E-state index contributed by atoms with van der Waals surface area (Å²) in [6.07, 6.45) is 5.97. The minimum atomic E-state index is -2.18. The Labute approximate surface area is 308 Å². The van der Waals surface area contributed by atoms with Crippen LogP contribution in [0.25, 0.3) is 55.2 Å². The van der Waals surface area contributed by atoms with E-state index in [9.17, 15) is 1.37 Å². The van der Waals surface area contributed by atoms with Crippen molar-refractivity contribution in [3.05, 3.63) is 132 Å². The number of benzene rings is 4. The van der Waals surface area contributed by atoms with Gasteiger partial charge in [0.05, 0.1) is 5.58 Å². The molecule has 0 N–H and O–H groups in total. The van der Waals surface area contributed by atoms with Crippen molar-refractivity contribution < 1.29 is 34.1 Å². The second kappa shape index (κ2) is 13.4. The van der Waals surface area contributed by atoms with Gasteiger partial charge in [-0.25, -0.2) is 0 Å². The summed E-state index contributed by atoms with van der Waals surface area (Å²) in [6, 6.07) is 34.6. The molecule has 0 bridgehead atoms. The van der Waals surface area contributed by atoms with Crippen molar-refractivity contribution in [1.82, 2.24) is 9.97 Å². The third-order valence-electron chi connectivity index (χ3n) is 8.94. The number of nitrogens with zero attached hydrogens (tertiary/aromatic N) is 2. The summed E-state index contributed by atoms with van der Waals surface area (Å²) in [5.41, 5.74) is 6.21. The maximum absolute atomic E-state index is 9.51. The molecule has 0 amide bonds. The first-order valence-electron chi connectivity index (χ1n) is 19.5. The zero-order valence-corrected chi connectivity index (χ0v) is 30.0. The van der Waals surface area contributed by atoms with E-state index in [0.717, 1.165) is 63.4 Å². The number of hydrogen-bond acceptors (Lipinski definition) is 3. The fraction of sp³-hybridized carbons (Fsp3) is 0.273. The smallest absolute Gasteiger partial charge is 0.128 e. The van der Waals surface area contributed by atoms with Crippen LogP contribution in [0.1, 0.15) is 79.1 Å². The fourth-order valence-corrected chi connectivity index (χ4v) is 7.43. The Balaban J connectivity index is 0.000000211. The standard InChI is InChI=1S/C31H30NO.C13H12N.Ir/c1-30(2)17-22(18-31(3,4)19-30)21-14-15-32-27(16-21)26-11-7-10-24-25-13-12-20-8-5-6-9-23(20)28(25)33-29(24)26;1-10-3-6-12(7-4-10)13-8-5-11(2)9-14-13;/h5-10,12-16,22H,17-19H2,1-4H3;3-6,8-9H,1-2H3;/q2*-1;/i22D;1D3,2D3;. The van der Waals surface area contributed by atoms with Crippen molar-refractivity contribution in [2.45, 2.75) is 66.6 Å². The van der Waals surface area contributed by atoms with Gasteiger partial charge >= 0.3 is 0 Å². The quantitative estimate of drug-likeness (QED) is 0.167. The van der Waals surface area contributed by atoms with Crippen LogP contribution in [0.4, 0.5) is 0 Å². The SMILES string of the molecule is [2H]C([2H])([2H])c1c[c-]c(-c2ccc(C([2H])([2H])[2H])cn2)cc1.[2H]C1(c2ccnc(-c3[c-]ccc4c3oc3c5ccccc5ccc43)c2)CC(C)(C)CC(C)(C)C1.[Ir]. The van der Waals surface area contributed by atoms with Crippen molar-refractivity contribution in [3.8, 4) is 22.5 Å². The van der Waals surface area contributed by atoms with Crippen LogP contribution < -0.4 is 0 Å². The Hall–Kier alpha value is -4.11. The van der Waals surface area contributed by atoms with Crippen LogP contribution in [0.15, 0.2) is 108 Å². The molecule has 0 unspecified atom stereocenters. The van der Waals surface area contributed by atoms with Gasteiger partial charge in [-0.3, -0.25) is 0 Å². The van der Waals surface area contributed by atoms with E-state index < -0.39 is 19.6 Å². The Kier molecular flexibility index (Phi) is 7.23. The molecule has 1 aliphatic carbocycles. The van der Waals surface area contributed by atoms with Crippen LogP contribution in [0.3, 0.4) is 0 Å². The predicted molar refractivity (Wildman–Crippen MR) is 195 cm³/mol. The fourth-order valence-electron chi connectivity index (χ4n) is 7.43. The molecular formula is C44H42IrN2O-2. The normalized spacial score (nSPS) is 18.9. The number of rotatable bonds is 3. The largest absolute Gasteiger partial charge is 0.500 e. The van der Waals surface area contributed by atoms with Crippen LogP contribution in [0.5, 0.6) is 0 Å². The molecule has 7 aromatic rings. The molecule has 1 aliphatic rings. The first-order chi connectivity index (χ1) is 25.3. The molecule has 8 rings (SSSR count). The molecule has 3 nitrogen and oxygen atoms in total. The molecule has 1 radical (unpaired) electrons. The molecule has 1 fully saturated rings. The van der Waals surface area contributed by atoms with E-state index in [1.54, 1.807) is 12.1 Å². The average Bonchev–Trinajstić information content (AvgIpc) is 3.49. The second-order valence-electron chi connectivity index (χ2n) is 14.2. The Morgan fingerprint density at radius 2 is 1.54 bits per heavy atom. The van der Waals surface area contributed by atoms with Crippen LogP contribution >= 0.6 is 0 Å². The topological polar surface area (TPSA) is 38.9 Å². The van der Waals surface area contributed by atoms with E-state index in [4.69, 9.17) is 17.6 Å². The van der Waals surface area contributed by atoms with Crippen molar-refractivity contribution in [2.24, 2.45) is 10.8 Å². The summed E-state index contributed by atoms with van der Waals surface area (Å²) < 4.78 is 59.7.